The molecule has 0 amide bonds. The van der Waals surface area contributed by atoms with Crippen LogP contribution >= 0.6 is 0 Å². The molecule has 1 aromatic rings. The lowest BCUT2D eigenvalue weighted by atomic mass is 9.99. The van der Waals surface area contributed by atoms with Crippen LogP contribution in [0.1, 0.15) is 76.8 Å². The second kappa shape index (κ2) is 11.6. The van der Waals surface area contributed by atoms with Gasteiger partial charge in [0.1, 0.15) is 5.75 Å². The molecule has 0 radical (unpaired) electrons. The first kappa shape index (κ1) is 18.0. The van der Waals surface area contributed by atoms with Crippen molar-refractivity contribution in [2.24, 2.45) is 0 Å². The minimum atomic E-state index is 0.407. The molecule has 21 heavy (non-hydrogen) atoms. The molecule has 2 nitrogen and oxygen atoms in total. The van der Waals surface area contributed by atoms with Crippen LogP contribution in [0.3, 0.4) is 0 Å². The molecule has 1 rings (SSSR count). The summed E-state index contributed by atoms with van der Waals surface area (Å²) in [5, 5.41) is 3.46. The molecule has 0 bridgehead atoms. The number of unbranched alkanes of at least 4 members (excludes halogenated alkanes) is 5. The Labute approximate surface area is 131 Å². The van der Waals surface area contributed by atoms with Crippen molar-refractivity contribution in [1.82, 2.24) is 5.32 Å². The molecule has 0 aliphatic heterocycles. The molecule has 120 valence electrons. The Morgan fingerprint density at radius 1 is 0.952 bits per heavy atom. The van der Waals surface area contributed by atoms with Crippen molar-refractivity contribution in [2.75, 3.05) is 13.7 Å². The molecular weight excluding hydrogens is 258 g/mol. The molecule has 0 aromatic heterocycles. The van der Waals surface area contributed by atoms with Crippen molar-refractivity contribution < 1.29 is 4.74 Å². The molecule has 0 spiro atoms. The molecule has 1 atom stereocenters. The molecule has 0 aliphatic rings. The minimum Gasteiger partial charge on any atom is -0.493 e. The average Bonchev–Trinajstić information content (AvgIpc) is 2.53. The van der Waals surface area contributed by atoms with Crippen LogP contribution in [0.15, 0.2) is 24.3 Å². The first-order valence-electron chi connectivity index (χ1n) is 8.72. The highest BCUT2D eigenvalue weighted by Crippen LogP contribution is 2.28. The number of rotatable bonds is 12. The Morgan fingerprint density at radius 3 is 2.38 bits per heavy atom. The molecule has 2 heteroatoms. The Hall–Kier alpha value is -1.02. The van der Waals surface area contributed by atoms with Gasteiger partial charge in [0.15, 0.2) is 0 Å². The average molecular weight is 291 g/mol. The maximum Gasteiger partial charge on any atom is 0.124 e. The Bertz CT molecular complexity index is 364. The van der Waals surface area contributed by atoms with Crippen molar-refractivity contribution in [3.63, 3.8) is 0 Å². The molecule has 1 unspecified atom stereocenters. The maximum atomic E-state index is 5.89. The number of hydrogen-bond donors (Lipinski definition) is 1. The second-order valence-electron chi connectivity index (χ2n) is 5.78. The minimum absolute atomic E-state index is 0.407. The van der Waals surface area contributed by atoms with Crippen molar-refractivity contribution in [1.29, 1.82) is 0 Å². The van der Waals surface area contributed by atoms with E-state index >= 15 is 0 Å². The van der Waals surface area contributed by atoms with E-state index in [1.807, 2.05) is 0 Å². The van der Waals surface area contributed by atoms with Gasteiger partial charge in [0.05, 0.1) is 6.61 Å². The molecule has 0 fully saturated rings. The summed E-state index contributed by atoms with van der Waals surface area (Å²) in [5.74, 6) is 1.05. The smallest absolute Gasteiger partial charge is 0.124 e. The van der Waals surface area contributed by atoms with E-state index in [4.69, 9.17) is 4.74 Å². The zero-order valence-corrected chi connectivity index (χ0v) is 14.2. The van der Waals surface area contributed by atoms with Gasteiger partial charge in [0.2, 0.25) is 0 Å². The van der Waals surface area contributed by atoms with Gasteiger partial charge in [0.25, 0.3) is 0 Å². The van der Waals surface area contributed by atoms with Crippen LogP contribution in [-0.2, 0) is 0 Å². The van der Waals surface area contributed by atoms with Gasteiger partial charge in [-0.2, -0.15) is 0 Å². The van der Waals surface area contributed by atoms with Crippen LogP contribution in [-0.4, -0.2) is 13.7 Å². The third-order valence-electron chi connectivity index (χ3n) is 3.95. The first-order valence-corrected chi connectivity index (χ1v) is 8.72. The predicted molar refractivity (Wildman–Crippen MR) is 92.0 cm³/mol. The van der Waals surface area contributed by atoms with Gasteiger partial charge in [-0.15, -0.1) is 0 Å². The van der Waals surface area contributed by atoms with Crippen molar-refractivity contribution in [3.8, 4) is 5.75 Å². The highest BCUT2D eigenvalue weighted by molar-refractivity contribution is 5.35. The fraction of sp³-hybridized carbons (Fsp3) is 0.684. The summed E-state index contributed by atoms with van der Waals surface area (Å²) in [6, 6.07) is 8.87. The van der Waals surface area contributed by atoms with Crippen LogP contribution in [0.25, 0.3) is 0 Å². The van der Waals surface area contributed by atoms with Crippen molar-refractivity contribution >= 4 is 0 Å². The normalized spacial score (nSPS) is 12.3. The summed E-state index contributed by atoms with van der Waals surface area (Å²) >= 11 is 0. The fourth-order valence-electron chi connectivity index (χ4n) is 2.70. The molecule has 0 saturated carbocycles. The summed E-state index contributed by atoms with van der Waals surface area (Å²) in [7, 11) is 2.05. The summed E-state index contributed by atoms with van der Waals surface area (Å²) in [6.07, 6.45) is 10.3. The topological polar surface area (TPSA) is 21.3 Å². The van der Waals surface area contributed by atoms with E-state index in [2.05, 4.69) is 50.5 Å². The first-order chi connectivity index (χ1) is 10.3. The van der Waals surface area contributed by atoms with Gasteiger partial charge in [-0.25, -0.2) is 0 Å². The quantitative estimate of drug-likeness (QED) is 0.514. The summed E-state index contributed by atoms with van der Waals surface area (Å²) < 4.78 is 5.89. The van der Waals surface area contributed by atoms with Gasteiger partial charge in [0, 0.05) is 11.6 Å². The monoisotopic (exact) mass is 291 g/mol. The van der Waals surface area contributed by atoms with Gasteiger partial charge in [-0.05, 0) is 26.0 Å². The van der Waals surface area contributed by atoms with Gasteiger partial charge in [-0.1, -0.05) is 70.6 Å². The second-order valence-corrected chi connectivity index (χ2v) is 5.78. The SMILES string of the molecule is CCCCCCCCC(NC)c1ccccc1OCCC. The van der Waals surface area contributed by atoms with Crippen LogP contribution in [0, 0.1) is 0 Å². The van der Waals surface area contributed by atoms with Crippen LogP contribution < -0.4 is 10.1 Å². The zero-order valence-electron chi connectivity index (χ0n) is 14.2. The highest BCUT2D eigenvalue weighted by atomic mass is 16.5. The van der Waals surface area contributed by atoms with Gasteiger partial charge < -0.3 is 10.1 Å². The van der Waals surface area contributed by atoms with Crippen molar-refractivity contribution in [3.05, 3.63) is 29.8 Å². The fourth-order valence-corrected chi connectivity index (χ4v) is 2.70. The Morgan fingerprint density at radius 2 is 1.67 bits per heavy atom. The number of para-hydroxylation sites is 1. The van der Waals surface area contributed by atoms with Gasteiger partial charge >= 0.3 is 0 Å². The van der Waals surface area contributed by atoms with Crippen molar-refractivity contribution in [2.45, 2.75) is 71.3 Å². The highest BCUT2D eigenvalue weighted by Gasteiger charge is 2.13. The summed E-state index contributed by atoms with van der Waals surface area (Å²) in [5.41, 5.74) is 1.31. The standard InChI is InChI=1S/C19H33NO/c1-4-6-7-8-9-10-14-18(20-3)17-13-11-12-15-19(17)21-16-5-2/h11-13,15,18,20H,4-10,14,16H2,1-3H3. The molecule has 1 aromatic carbocycles. The molecule has 0 heterocycles. The van der Waals surface area contributed by atoms with E-state index in [0.29, 0.717) is 6.04 Å². The maximum absolute atomic E-state index is 5.89. The molecule has 0 saturated heterocycles. The third-order valence-corrected chi connectivity index (χ3v) is 3.95. The number of hydrogen-bond acceptors (Lipinski definition) is 2. The lowest BCUT2D eigenvalue weighted by molar-refractivity contribution is 0.309. The lowest BCUT2D eigenvalue weighted by Crippen LogP contribution is -2.17. The molecule has 0 aliphatic carbocycles. The summed E-state index contributed by atoms with van der Waals surface area (Å²) in [6.45, 7) is 5.21. The largest absolute Gasteiger partial charge is 0.493 e. The van der Waals surface area contributed by atoms with E-state index in [0.717, 1.165) is 18.8 Å². The van der Waals surface area contributed by atoms with E-state index in [-0.39, 0.29) is 0 Å². The van der Waals surface area contributed by atoms with Crippen LogP contribution in [0.5, 0.6) is 5.75 Å². The summed E-state index contributed by atoms with van der Waals surface area (Å²) in [4.78, 5) is 0. The predicted octanol–water partition coefficient (Wildman–Crippen LogP) is 5.49. The van der Waals surface area contributed by atoms with Crippen LogP contribution in [0.4, 0.5) is 0 Å². The van der Waals surface area contributed by atoms with Crippen LogP contribution in [0.2, 0.25) is 0 Å². The van der Waals surface area contributed by atoms with E-state index in [1.54, 1.807) is 0 Å². The lowest BCUT2D eigenvalue weighted by Gasteiger charge is -2.20. The van der Waals surface area contributed by atoms with E-state index in [1.165, 1.54) is 50.5 Å². The zero-order chi connectivity index (χ0) is 15.3. The Balaban J connectivity index is 2.47. The number of ether oxygens (including phenoxy) is 1. The molecular formula is C19H33NO. The number of nitrogens with one attached hydrogen (secondary N) is 1. The molecule has 1 N–H and O–H groups in total. The number of benzene rings is 1. The third kappa shape index (κ3) is 6.99. The van der Waals surface area contributed by atoms with Gasteiger partial charge in [-0.3, -0.25) is 0 Å². The van der Waals surface area contributed by atoms with E-state index < -0.39 is 0 Å². The Kier molecular flexibility index (Phi) is 9.98. The van der Waals surface area contributed by atoms with E-state index in [9.17, 15) is 0 Å².